The molecule has 0 atom stereocenters. The highest BCUT2D eigenvalue weighted by Crippen LogP contribution is 2.19. The SMILES string of the molecule is O=C(O)c1cc(Cl)cc(NC(=O)c2cncnc2)c1. The van der Waals surface area contributed by atoms with Crippen molar-refractivity contribution in [1.82, 2.24) is 9.97 Å². The molecule has 1 amide bonds. The zero-order valence-corrected chi connectivity index (χ0v) is 10.3. The molecule has 6 nitrogen and oxygen atoms in total. The van der Waals surface area contributed by atoms with Gasteiger partial charge in [-0.2, -0.15) is 0 Å². The Bertz CT molecular complexity index is 631. The summed E-state index contributed by atoms with van der Waals surface area (Å²) in [6.07, 6.45) is 4.01. The second-order valence-electron chi connectivity index (χ2n) is 3.62. The number of hydrogen-bond acceptors (Lipinski definition) is 4. The van der Waals surface area contributed by atoms with Crippen LogP contribution in [0.2, 0.25) is 5.02 Å². The number of halogens is 1. The Morgan fingerprint density at radius 2 is 1.79 bits per heavy atom. The highest BCUT2D eigenvalue weighted by molar-refractivity contribution is 6.31. The van der Waals surface area contributed by atoms with Gasteiger partial charge < -0.3 is 10.4 Å². The summed E-state index contributed by atoms with van der Waals surface area (Å²) in [5.74, 6) is -1.57. The molecule has 7 heteroatoms. The van der Waals surface area contributed by atoms with Gasteiger partial charge in [-0.3, -0.25) is 4.79 Å². The number of aromatic nitrogens is 2. The lowest BCUT2D eigenvalue weighted by Crippen LogP contribution is -2.13. The van der Waals surface area contributed by atoms with Gasteiger partial charge in [0.1, 0.15) is 6.33 Å². The first kappa shape index (κ1) is 13.0. The maximum absolute atomic E-state index is 11.8. The first-order chi connectivity index (χ1) is 9.06. The molecule has 2 N–H and O–H groups in total. The van der Waals surface area contributed by atoms with E-state index in [9.17, 15) is 9.59 Å². The second-order valence-corrected chi connectivity index (χ2v) is 4.05. The van der Waals surface area contributed by atoms with Crippen molar-refractivity contribution in [2.45, 2.75) is 0 Å². The van der Waals surface area contributed by atoms with E-state index in [0.29, 0.717) is 5.69 Å². The first-order valence-corrected chi connectivity index (χ1v) is 5.54. The number of hydrogen-bond donors (Lipinski definition) is 2. The third-order valence-corrected chi connectivity index (χ3v) is 2.44. The number of carbonyl (C=O) groups is 2. The number of nitrogens with zero attached hydrogens (tertiary/aromatic N) is 2. The van der Waals surface area contributed by atoms with Gasteiger partial charge in [0, 0.05) is 23.1 Å². The van der Waals surface area contributed by atoms with Crippen LogP contribution in [0.5, 0.6) is 0 Å². The lowest BCUT2D eigenvalue weighted by atomic mass is 10.2. The molecule has 1 heterocycles. The molecule has 96 valence electrons. The van der Waals surface area contributed by atoms with Gasteiger partial charge in [-0.15, -0.1) is 0 Å². The topological polar surface area (TPSA) is 92.2 Å². The molecular weight excluding hydrogens is 270 g/mol. The van der Waals surface area contributed by atoms with E-state index < -0.39 is 11.9 Å². The summed E-state index contributed by atoms with van der Waals surface area (Å²) in [7, 11) is 0. The van der Waals surface area contributed by atoms with E-state index in [4.69, 9.17) is 16.7 Å². The molecule has 0 spiro atoms. The van der Waals surface area contributed by atoms with Crippen molar-refractivity contribution in [1.29, 1.82) is 0 Å². The van der Waals surface area contributed by atoms with Crippen LogP contribution in [-0.2, 0) is 0 Å². The normalized spacial score (nSPS) is 9.95. The largest absolute Gasteiger partial charge is 0.478 e. The van der Waals surface area contributed by atoms with Crippen LogP contribution in [0.25, 0.3) is 0 Å². The number of carboxylic acids is 1. The van der Waals surface area contributed by atoms with Crippen molar-refractivity contribution in [3.05, 3.63) is 53.1 Å². The predicted octanol–water partition coefficient (Wildman–Crippen LogP) is 2.08. The standard InChI is InChI=1S/C12H8ClN3O3/c13-9-1-7(12(18)19)2-10(3-9)16-11(17)8-4-14-6-15-5-8/h1-6H,(H,16,17)(H,18,19). The van der Waals surface area contributed by atoms with E-state index in [2.05, 4.69) is 15.3 Å². The fraction of sp³-hybridized carbons (Fsp3) is 0. The lowest BCUT2D eigenvalue weighted by Gasteiger charge is -2.06. The molecule has 1 aromatic carbocycles. The van der Waals surface area contributed by atoms with E-state index in [-0.39, 0.29) is 16.1 Å². The zero-order valence-electron chi connectivity index (χ0n) is 9.50. The number of nitrogens with one attached hydrogen (secondary N) is 1. The van der Waals surface area contributed by atoms with Crippen LogP contribution in [-0.4, -0.2) is 27.0 Å². The van der Waals surface area contributed by atoms with Gasteiger partial charge in [0.2, 0.25) is 0 Å². The minimum Gasteiger partial charge on any atom is -0.478 e. The third-order valence-electron chi connectivity index (χ3n) is 2.23. The maximum atomic E-state index is 11.8. The van der Waals surface area contributed by atoms with Crippen LogP contribution in [0.3, 0.4) is 0 Å². The van der Waals surface area contributed by atoms with Gasteiger partial charge in [-0.1, -0.05) is 11.6 Å². The minimum atomic E-state index is -1.12. The molecule has 1 aromatic heterocycles. The Kier molecular flexibility index (Phi) is 3.72. The van der Waals surface area contributed by atoms with E-state index in [1.54, 1.807) is 0 Å². The van der Waals surface area contributed by atoms with Crippen molar-refractivity contribution >= 4 is 29.2 Å². The van der Waals surface area contributed by atoms with Crippen LogP contribution in [0.4, 0.5) is 5.69 Å². The average molecular weight is 278 g/mol. The van der Waals surface area contributed by atoms with Gasteiger partial charge in [-0.05, 0) is 18.2 Å². The van der Waals surface area contributed by atoms with E-state index >= 15 is 0 Å². The van der Waals surface area contributed by atoms with Crippen LogP contribution in [0, 0.1) is 0 Å². The van der Waals surface area contributed by atoms with Crippen molar-refractivity contribution in [2.24, 2.45) is 0 Å². The Hall–Kier alpha value is -2.47. The first-order valence-electron chi connectivity index (χ1n) is 5.16. The molecule has 0 aliphatic heterocycles. The Morgan fingerprint density at radius 3 is 2.42 bits per heavy atom. The van der Waals surface area contributed by atoms with Crippen molar-refractivity contribution in [3.63, 3.8) is 0 Å². The molecule has 0 saturated heterocycles. The smallest absolute Gasteiger partial charge is 0.335 e. The number of benzene rings is 1. The molecule has 19 heavy (non-hydrogen) atoms. The highest BCUT2D eigenvalue weighted by atomic mass is 35.5. The van der Waals surface area contributed by atoms with Crippen molar-refractivity contribution < 1.29 is 14.7 Å². The summed E-state index contributed by atoms with van der Waals surface area (Å²) in [5, 5.41) is 11.6. The fourth-order valence-electron chi connectivity index (χ4n) is 1.40. The zero-order chi connectivity index (χ0) is 13.8. The van der Waals surface area contributed by atoms with Crippen LogP contribution < -0.4 is 5.32 Å². The number of aromatic carboxylic acids is 1. The molecule has 0 radical (unpaired) electrons. The van der Waals surface area contributed by atoms with Crippen molar-refractivity contribution in [3.8, 4) is 0 Å². The summed E-state index contributed by atoms with van der Waals surface area (Å²) < 4.78 is 0. The molecule has 0 saturated carbocycles. The van der Waals surface area contributed by atoms with E-state index in [1.165, 1.54) is 36.9 Å². The molecule has 0 bridgehead atoms. The quantitative estimate of drug-likeness (QED) is 0.896. The summed E-state index contributed by atoms with van der Waals surface area (Å²) in [6.45, 7) is 0. The van der Waals surface area contributed by atoms with Crippen LogP contribution in [0.15, 0.2) is 36.9 Å². The molecule has 0 unspecified atom stereocenters. The predicted molar refractivity (Wildman–Crippen MR) is 68.4 cm³/mol. The molecule has 0 fully saturated rings. The number of anilines is 1. The third kappa shape index (κ3) is 3.26. The number of amides is 1. The second kappa shape index (κ2) is 5.45. The summed E-state index contributed by atoms with van der Waals surface area (Å²) in [4.78, 5) is 30.1. The monoisotopic (exact) mass is 277 g/mol. The fourth-order valence-corrected chi connectivity index (χ4v) is 1.64. The van der Waals surface area contributed by atoms with Crippen molar-refractivity contribution in [2.75, 3.05) is 5.32 Å². The molecule has 0 aliphatic carbocycles. The maximum Gasteiger partial charge on any atom is 0.335 e. The van der Waals surface area contributed by atoms with Crippen LogP contribution >= 0.6 is 11.6 Å². The Labute approximate surface area is 113 Å². The highest BCUT2D eigenvalue weighted by Gasteiger charge is 2.10. The van der Waals surface area contributed by atoms with E-state index in [0.717, 1.165) is 0 Å². The molecule has 2 aromatic rings. The summed E-state index contributed by atoms with van der Waals surface area (Å²) in [6, 6.07) is 4.07. The molecular formula is C12H8ClN3O3. The van der Waals surface area contributed by atoms with Gasteiger partial charge in [0.05, 0.1) is 11.1 Å². The van der Waals surface area contributed by atoms with Gasteiger partial charge in [-0.25, -0.2) is 14.8 Å². The lowest BCUT2D eigenvalue weighted by molar-refractivity contribution is 0.0696. The summed E-state index contributed by atoms with van der Waals surface area (Å²) >= 11 is 5.78. The Balaban J connectivity index is 2.24. The Morgan fingerprint density at radius 1 is 1.11 bits per heavy atom. The minimum absolute atomic E-state index is 0.00730. The van der Waals surface area contributed by atoms with Gasteiger partial charge in [0.25, 0.3) is 5.91 Å². The molecule has 2 rings (SSSR count). The number of carboxylic acid groups (broad SMARTS) is 1. The summed E-state index contributed by atoms with van der Waals surface area (Å²) in [5.41, 5.74) is 0.546. The average Bonchev–Trinajstić information content (AvgIpc) is 2.39. The molecule has 0 aliphatic rings. The number of rotatable bonds is 3. The van der Waals surface area contributed by atoms with Gasteiger partial charge in [0.15, 0.2) is 0 Å². The van der Waals surface area contributed by atoms with Gasteiger partial charge >= 0.3 is 5.97 Å². The van der Waals surface area contributed by atoms with E-state index in [1.807, 2.05) is 0 Å². The number of carbonyl (C=O) groups excluding carboxylic acids is 1. The van der Waals surface area contributed by atoms with Crippen LogP contribution in [0.1, 0.15) is 20.7 Å².